The van der Waals surface area contributed by atoms with Crippen molar-refractivity contribution in [3.05, 3.63) is 53.8 Å². The number of nitrogens with one attached hydrogen (secondary N) is 1. The first kappa shape index (κ1) is 17.8. The molecule has 2 aromatic rings. The van der Waals surface area contributed by atoms with Gasteiger partial charge < -0.3 is 19.5 Å². The number of hydrogen-bond donors (Lipinski definition) is 1. The molecule has 0 aliphatic carbocycles. The Bertz CT molecular complexity index is 710. The summed E-state index contributed by atoms with van der Waals surface area (Å²) in [5.41, 5.74) is 1.18. The van der Waals surface area contributed by atoms with Crippen LogP contribution in [0.4, 0.5) is 4.39 Å². The topological polar surface area (TPSA) is 39.7 Å². The van der Waals surface area contributed by atoms with Crippen molar-refractivity contribution in [2.75, 3.05) is 26.5 Å². The van der Waals surface area contributed by atoms with Crippen LogP contribution in [0.15, 0.2) is 42.5 Å². The molecular weight excluding hydrogens is 345 g/mol. The van der Waals surface area contributed by atoms with Crippen molar-refractivity contribution in [3.63, 3.8) is 0 Å². The molecule has 2 heterocycles. The maximum absolute atomic E-state index is 13.2. The highest BCUT2D eigenvalue weighted by atomic mass is 35.5. The van der Waals surface area contributed by atoms with Gasteiger partial charge in [0.15, 0.2) is 11.5 Å². The van der Waals surface area contributed by atoms with Crippen molar-refractivity contribution in [2.24, 2.45) is 5.92 Å². The first-order valence-corrected chi connectivity index (χ1v) is 8.28. The average Bonchev–Trinajstić information content (AvgIpc) is 3.09. The van der Waals surface area contributed by atoms with E-state index in [1.54, 1.807) is 0 Å². The lowest BCUT2D eigenvalue weighted by molar-refractivity contribution is 0.173. The van der Waals surface area contributed by atoms with Crippen LogP contribution >= 0.6 is 12.4 Å². The minimum absolute atomic E-state index is 0. The smallest absolute Gasteiger partial charge is 0.231 e. The van der Waals surface area contributed by atoms with Gasteiger partial charge in [-0.25, -0.2) is 4.39 Å². The molecule has 1 saturated heterocycles. The predicted octanol–water partition coefficient (Wildman–Crippen LogP) is 3.75. The molecule has 0 aromatic heterocycles. The maximum atomic E-state index is 13.2. The summed E-state index contributed by atoms with van der Waals surface area (Å²) in [7, 11) is 0. The highest BCUT2D eigenvalue weighted by molar-refractivity contribution is 5.85. The largest absolute Gasteiger partial charge is 0.493 e. The summed E-state index contributed by atoms with van der Waals surface area (Å²) in [6.07, 6.45) is 1.03. The van der Waals surface area contributed by atoms with E-state index >= 15 is 0 Å². The fraction of sp³-hybridized carbons (Fsp3) is 0.368. The Morgan fingerprint density at radius 3 is 2.72 bits per heavy atom. The molecule has 0 spiro atoms. The normalized spacial score (nSPS) is 21.5. The van der Waals surface area contributed by atoms with Crippen molar-refractivity contribution < 1.29 is 18.6 Å². The second kappa shape index (κ2) is 7.93. The van der Waals surface area contributed by atoms with E-state index in [9.17, 15) is 4.39 Å². The summed E-state index contributed by atoms with van der Waals surface area (Å²) in [5, 5.41) is 3.43. The minimum atomic E-state index is -0.194. The minimum Gasteiger partial charge on any atom is -0.493 e. The van der Waals surface area contributed by atoms with Crippen LogP contribution < -0.4 is 19.5 Å². The zero-order valence-electron chi connectivity index (χ0n) is 13.7. The Hall–Kier alpha value is -1.98. The van der Waals surface area contributed by atoms with Gasteiger partial charge in [0.25, 0.3) is 0 Å². The van der Waals surface area contributed by atoms with Crippen molar-refractivity contribution in [2.45, 2.75) is 12.3 Å². The Morgan fingerprint density at radius 1 is 1.08 bits per heavy atom. The zero-order valence-corrected chi connectivity index (χ0v) is 14.6. The molecule has 0 saturated carbocycles. The molecule has 2 aliphatic rings. The molecule has 0 amide bonds. The monoisotopic (exact) mass is 365 g/mol. The standard InChI is InChI=1S/C19H20FNO3.ClH/c20-15-3-1-13(2-4-15)17-7-8-21-10-14(17)11-22-16-5-6-18-19(9-16)24-12-23-18;/h1-6,9,14,17,21H,7-8,10-12H2;1H/t14-,17?;/m0./s1. The molecule has 2 aromatic carbocycles. The second-order valence-corrected chi connectivity index (χ2v) is 6.24. The molecular formula is C19H21ClFNO3. The maximum Gasteiger partial charge on any atom is 0.231 e. The van der Waals surface area contributed by atoms with E-state index in [-0.39, 0.29) is 25.0 Å². The van der Waals surface area contributed by atoms with E-state index in [4.69, 9.17) is 14.2 Å². The molecule has 25 heavy (non-hydrogen) atoms. The SMILES string of the molecule is Cl.Fc1ccc(C2CCNC[C@H]2COc2ccc3c(c2)OCO3)cc1. The van der Waals surface area contributed by atoms with Gasteiger partial charge in [-0.15, -0.1) is 12.4 Å². The molecule has 6 heteroatoms. The van der Waals surface area contributed by atoms with Crippen molar-refractivity contribution in [1.82, 2.24) is 5.32 Å². The molecule has 134 valence electrons. The fourth-order valence-corrected chi connectivity index (χ4v) is 3.42. The summed E-state index contributed by atoms with van der Waals surface area (Å²) in [6, 6.07) is 12.5. The van der Waals surface area contributed by atoms with E-state index in [0.29, 0.717) is 18.4 Å². The van der Waals surface area contributed by atoms with E-state index in [0.717, 1.165) is 36.8 Å². The van der Waals surface area contributed by atoms with Gasteiger partial charge in [-0.3, -0.25) is 0 Å². The lowest BCUT2D eigenvalue weighted by Crippen LogP contribution is -2.38. The van der Waals surface area contributed by atoms with Gasteiger partial charge in [0.1, 0.15) is 11.6 Å². The van der Waals surface area contributed by atoms with Gasteiger partial charge >= 0.3 is 0 Å². The zero-order chi connectivity index (χ0) is 16.4. The number of piperidine rings is 1. The van der Waals surface area contributed by atoms with Gasteiger partial charge in [-0.05, 0) is 48.7 Å². The summed E-state index contributed by atoms with van der Waals surface area (Å²) in [5.74, 6) is 2.79. The van der Waals surface area contributed by atoms with Crippen LogP contribution in [0.1, 0.15) is 17.9 Å². The highest BCUT2D eigenvalue weighted by Gasteiger charge is 2.27. The molecule has 0 radical (unpaired) electrons. The third kappa shape index (κ3) is 3.99. The molecule has 4 rings (SSSR count). The number of ether oxygens (including phenoxy) is 3. The second-order valence-electron chi connectivity index (χ2n) is 6.24. The Labute approximate surface area is 152 Å². The number of rotatable bonds is 4. The molecule has 1 unspecified atom stereocenters. The molecule has 1 N–H and O–H groups in total. The Balaban J connectivity index is 0.00000182. The van der Waals surface area contributed by atoms with Gasteiger partial charge in [0.05, 0.1) is 6.61 Å². The lowest BCUT2D eigenvalue weighted by Gasteiger charge is -2.32. The third-order valence-electron chi connectivity index (χ3n) is 4.71. The van der Waals surface area contributed by atoms with Crippen molar-refractivity contribution >= 4 is 12.4 Å². The van der Waals surface area contributed by atoms with E-state index < -0.39 is 0 Å². The number of benzene rings is 2. The number of hydrogen-bond acceptors (Lipinski definition) is 4. The summed E-state index contributed by atoms with van der Waals surface area (Å²) < 4.78 is 29.9. The molecule has 1 fully saturated rings. The first-order valence-electron chi connectivity index (χ1n) is 8.28. The van der Waals surface area contributed by atoms with E-state index in [1.807, 2.05) is 30.3 Å². The van der Waals surface area contributed by atoms with Crippen LogP contribution in [0.3, 0.4) is 0 Å². The van der Waals surface area contributed by atoms with Crippen molar-refractivity contribution in [3.8, 4) is 17.2 Å². The number of halogens is 2. The van der Waals surface area contributed by atoms with Crippen molar-refractivity contribution in [1.29, 1.82) is 0 Å². The first-order chi connectivity index (χ1) is 11.8. The van der Waals surface area contributed by atoms with Crippen LogP contribution in [-0.4, -0.2) is 26.5 Å². The lowest BCUT2D eigenvalue weighted by atomic mass is 9.81. The van der Waals surface area contributed by atoms with Gasteiger partial charge in [-0.2, -0.15) is 0 Å². The molecule has 2 atom stereocenters. The van der Waals surface area contributed by atoms with Gasteiger partial charge in [0.2, 0.25) is 6.79 Å². The quantitative estimate of drug-likeness (QED) is 0.895. The Morgan fingerprint density at radius 2 is 1.88 bits per heavy atom. The van der Waals surface area contributed by atoms with Crippen LogP contribution in [0, 0.1) is 11.7 Å². The molecule has 2 aliphatic heterocycles. The summed E-state index contributed by atoms with van der Waals surface area (Å²) in [6.45, 7) is 2.74. The van der Waals surface area contributed by atoms with Crippen LogP contribution in [0.2, 0.25) is 0 Å². The van der Waals surface area contributed by atoms with Crippen LogP contribution in [0.25, 0.3) is 0 Å². The van der Waals surface area contributed by atoms with Crippen LogP contribution in [0.5, 0.6) is 17.2 Å². The summed E-state index contributed by atoms with van der Waals surface area (Å²) in [4.78, 5) is 0. The Kier molecular flexibility index (Phi) is 5.66. The predicted molar refractivity (Wildman–Crippen MR) is 95.4 cm³/mol. The molecule has 0 bridgehead atoms. The number of fused-ring (bicyclic) bond motifs is 1. The van der Waals surface area contributed by atoms with Crippen LogP contribution in [-0.2, 0) is 0 Å². The average molecular weight is 366 g/mol. The van der Waals surface area contributed by atoms with E-state index in [1.165, 1.54) is 17.7 Å². The summed E-state index contributed by atoms with van der Waals surface area (Å²) >= 11 is 0. The highest BCUT2D eigenvalue weighted by Crippen LogP contribution is 2.36. The van der Waals surface area contributed by atoms with E-state index in [2.05, 4.69) is 5.32 Å². The molecule has 4 nitrogen and oxygen atoms in total. The van der Waals surface area contributed by atoms with Gasteiger partial charge in [-0.1, -0.05) is 12.1 Å². The van der Waals surface area contributed by atoms with Gasteiger partial charge in [0, 0.05) is 18.5 Å². The fourth-order valence-electron chi connectivity index (χ4n) is 3.42. The third-order valence-corrected chi connectivity index (χ3v) is 4.71.